The Balaban J connectivity index is 0.00000338. The first-order valence-electron chi connectivity index (χ1n) is 8.20. The molecule has 0 saturated heterocycles. The Morgan fingerprint density at radius 2 is 1.85 bits per heavy atom. The monoisotopic (exact) mass is 463 g/mol. The lowest BCUT2D eigenvalue weighted by atomic mass is 10.2. The van der Waals surface area contributed by atoms with Gasteiger partial charge >= 0.3 is 0 Å². The van der Waals surface area contributed by atoms with E-state index in [1.807, 2.05) is 43.3 Å². The molecule has 1 atom stereocenters. The summed E-state index contributed by atoms with van der Waals surface area (Å²) in [6.07, 6.45) is -0.378. The number of aliphatic hydroxyl groups excluding tert-OH is 1. The Morgan fingerprint density at radius 3 is 2.46 bits per heavy atom. The number of benzene rings is 2. The molecule has 0 aliphatic heterocycles. The molecule has 0 heterocycles. The van der Waals surface area contributed by atoms with E-state index in [-0.39, 0.29) is 18.5 Å². The van der Waals surface area contributed by atoms with E-state index in [9.17, 15) is 5.11 Å². The third-order valence-electron chi connectivity index (χ3n) is 3.43. The van der Waals surface area contributed by atoms with Crippen LogP contribution in [0.5, 0.6) is 11.5 Å². The Labute approximate surface area is 174 Å². The molecule has 2 aromatic rings. The van der Waals surface area contributed by atoms with Gasteiger partial charge in [0.25, 0.3) is 0 Å². The van der Waals surface area contributed by atoms with Gasteiger partial charge in [-0.25, -0.2) is 0 Å². The van der Waals surface area contributed by atoms with E-state index in [4.69, 9.17) is 21.1 Å². The number of hydrogen-bond acceptors (Lipinski definition) is 4. The van der Waals surface area contributed by atoms with Crippen LogP contribution in [-0.4, -0.2) is 24.4 Å². The van der Waals surface area contributed by atoms with Crippen molar-refractivity contribution >= 4 is 39.9 Å². The number of halogens is 3. The molecule has 2 N–H and O–H groups in total. The maximum absolute atomic E-state index is 9.34. The van der Waals surface area contributed by atoms with Crippen molar-refractivity contribution in [3.63, 3.8) is 0 Å². The molecule has 0 radical (unpaired) electrons. The van der Waals surface area contributed by atoms with Crippen molar-refractivity contribution in [3.05, 3.63) is 57.0 Å². The zero-order valence-corrected chi connectivity index (χ0v) is 18.0. The largest absolute Gasteiger partial charge is 0.490 e. The van der Waals surface area contributed by atoms with Crippen molar-refractivity contribution in [3.8, 4) is 11.5 Å². The van der Waals surface area contributed by atoms with Crippen molar-refractivity contribution in [1.29, 1.82) is 0 Å². The van der Waals surface area contributed by atoms with Gasteiger partial charge in [-0.1, -0.05) is 23.7 Å². The van der Waals surface area contributed by atoms with E-state index >= 15 is 0 Å². The first-order chi connectivity index (χ1) is 12.0. The van der Waals surface area contributed by atoms with Crippen molar-refractivity contribution in [2.75, 3.05) is 13.2 Å². The van der Waals surface area contributed by atoms with E-state index in [2.05, 4.69) is 21.2 Å². The van der Waals surface area contributed by atoms with Crippen LogP contribution in [0.3, 0.4) is 0 Å². The predicted octanol–water partition coefficient (Wildman–Crippen LogP) is 4.97. The molecule has 26 heavy (non-hydrogen) atoms. The zero-order valence-electron chi connectivity index (χ0n) is 14.8. The van der Waals surface area contributed by atoms with Gasteiger partial charge in [0.15, 0.2) is 11.5 Å². The van der Waals surface area contributed by atoms with Crippen LogP contribution in [0.2, 0.25) is 5.02 Å². The molecule has 0 bridgehead atoms. The highest BCUT2D eigenvalue weighted by Gasteiger charge is 2.13. The molecular formula is C19H24BrCl2NO3. The minimum Gasteiger partial charge on any atom is -0.490 e. The van der Waals surface area contributed by atoms with Crippen LogP contribution in [0.25, 0.3) is 0 Å². The van der Waals surface area contributed by atoms with Crippen LogP contribution in [0.15, 0.2) is 40.9 Å². The molecule has 0 aliphatic carbocycles. The van der Waals surface area contributed by atoms with E-state index in [1.165, 1.54) is 0 Å². The molecule has 0 saturated carbocycles. The smallest absolute Gasteiger partial charge is 0.175 e. The highest BCUT2D eigenvalue weighted by molar-refractivity contribution is 9.10. The topological polar surface area (TPSA) is 50.7 Å². The van der Waals surface area contributed by atoms with Crippen molar-refractivity contribution in [1.82, 2.24) is 5.32 Å². The van der Waals surface area contributed by atoms with Crippen LogP contribution in [0.4, 0.5) is 0 Å². The lowest BCUT2D eigenvalue weighted by Crippen LogP contribution is -2.23. The first kappa shape index (κ1) is 23.1. The van der Waals surface area contributed by atoms with Gasteiger partial charge in [0, 0.05) is 18.1 Å². The SMILES string of the molecule is CCOc1cc(CNCC(C)O)cc(Br)c1OCc1ccc(Cl)cc1.Cl. The molecule has 0 spiro atoms. The molecule has 0 amide bonds. The van der Waals surface area contributed by atoms with Gasteiger partial charge in [0.1, 0.15) is 6.61 Å². The van der Waals surface area contributed by atoms with E-state index < -0.39 is 0 Å². The standard InChI is InChI=1S/C19H23BrClNO3.ClH/c1-3-24-18-9-15(11-22-10-13(2)23)8-17(20)19(18)25-12-14-4-6-16(21)7-5-14;/h4-9,13,22-23H,3,10-12H2,1-2H3;1H. The van der Waals surface area contributed by atoms with Gasteiger partial charge in [-0.3, -0.25) is 0 Å². The van der Waals surface area contributed by atoms with Crippen LogP contribution < -0.4 is 14.8 Å². The Bertz CT molecular complexity index is 681. The summed E-state index contributed by atoms with van der Waals surface area (Å²) in [5, 5.41) is 13.2. The number of ether oxygens (including phenoxy) is 2. The third kappa shape index (κ3) is 7.33. The molecule has 2 aromatic carbocycles. The molecule has 144 valence electrons. The predicted molar refractivity (Wildman–Crippen MR) is 112 cm³/mol. The third-order valence-corrected chi connectivity index (χ3v) is 4.28. The summed E-state index contributed by atoms with van der Waals surface area (Å²) < 4.78 is 12.5. The van der Waals surface area contributed by atoms with E-state index in [1.54, 1.807) is 6.92 Å². The summed E-state index contributed by atoms with van der Waals surface area (Å²) >= 11 is 9.48. The van der Waals surface area contributed by atoms with E-state index in [0.29, 0.717) is 42.8 Å². The molecule has 4 nitrogen and oxygen atoms in total. The Morgan fingerprint density at radius 1 is 1.15 bits per heavy atom. The second-order valence-electron chi connectivity index (χ2n) is 5.73. The number of hydrogen-bond donors (Lipinski definition) is 2. The van der Waals surface area contributed by atoms with Crippen LogP contribution >= 0.6 is 39.9 Å². The van der Waals surface area contributed by atoms with Gasteiger partial charge in [0.05, 0.1) is 17.2 Å². The number of aliphatic hydroxyl groups is 1. The van der Waals surface area contributed by atoms with Crippen LogP contribution in [0.1, 0.15) is 25.0 Å². The number of rotatable bonds is 9. The summed E-state index contributed by atoms with van der Waals surface area (Å²) in [6, 6.07) is 11.5. The normalized spacial score (nSPS) is 11.6. The van der Waals surface area contributed by atoms with Gasteiger partial charge in [-0.05, 0) is 65.2 Å². The Kier molecular flexibility index (Phi) is 10.4. The summed E-state index contributed by atoms with van der Waals surface area (Å²) in [5.41, 5.74) is 2.08. The minimum atomic E-state index is -0.378. The van der Waals surface area contributed by atoms with Crippen molar-refractivity contribution in [2.45, 2.75) is 33.1 Å². The Hall–Kier alpha value is -0.980. The van der Waals surface area contributed by atoms with Gasteiger partial charge in [0.2, 0.25) is 0 Å². The first-order valence-corrected chi connectivity index (χ1v) is 9.38. The number of nitrogens with one attached hydrogen (secondary N) is 1. The molecule has 0 aliphatic rings. The molecule has 1 unspecified atom stereocenters. The average molecular weight is 465 g/mol. The lowest BCUT2D eigenvalue weighted by molar-refractivity contribution is 0.191. The summed E-state index contributed by atoms with van der Waals surface area (Å²) in [4.78, 5) is 0. The fourth-order valence-electron chi connectivity index (χ4n) is 2.29. The molecule has 0 aromatic heterocycles. The van der Waals surface area contributed by atoms with Gasteiger partial charge < -0.3 is 19.9 Å². The summed E-state index contributed by atoms with van der Waals surface area (Å²) in [5.74, 6) is 1.37. The van der Waals surface area contributed by atoms with Gasteiger partial charge in [-0.2, -0.15) is 0 Å². The van der Waals surface area contributed by atoms with Gasteiger partial charge in [-0.15, -0.1) is 12.4 Å². The van der Waals surface area contributed by atoms with Crippen LogP contribution in [-0.2, 0) is 13.2 Å². The molecule has 0 fully saturated rings. The van der Waals surface area contributed by atoms with Crippen molar-refractivity contribution < 1.29 is 14.6 Å². The zero-order chi connectivity index (χ0) is 18.2. The quantitative estimate of drug-likeness (QED) is 0.549. The van der Waals surface area contributed by atoms with Crippen LogP contribution in [0, 0.1) is 0 Å². The fourth-order valence-corrected chi connectivity index (χ4v) is 3.02. The van der Waals surface area contributed by atoms with Crippen molar-refractivity contribution in [2.24, 2.45) is 0 Å². The highest BCUT2D eigenvalue weighted by Crippen LogP contribution is 2.37. The summed E-state index contributed by atoms with van der Waals surface area (Å²) in [6.45, 7) is 5.85. The highest BCUT2D eigenvalue weighted by atomic mass is 79.9. The maximum atomic E-state index is 9.34. The molecular weight excluding hydrogens is 441 g/mol. The maximum Gasteiger partial charge on any atom is 0.175 e. The fraction of sp³-hybridized carbons (Fsp3) is 0.368. The lowest BCUT2D eigenvalue weighted by Gasteiger charge is -2.16. The second kappa shape index (κ2) is 11.7. The second-order valence-corrected chi connectivity index (χ2v) is 7.02. The minimum absolute atomic E-state index is 0. The molecule has 7 heteroatoms. The van der Waals surface area contributed by atoms with E-state index in [0.717, 1.165) is 15.6 Å². The summed E-state index contributed by atoms with van der Waals surface area (Å²) in [7, 11) is 0. The average Bonchev–Trinajstić information content (AvgIpc) is 2.55. The molecule has 2 rings (SSSR count).